The van der Waals surface area contributed by atoms with Crippen LogP contribution in [0.4, 0.5) is 8.78 Å². The molecule has 0 saturated carbocycles. The summed E-state index contributed by atoms with van der Waals surface area (Å²) in [7, 11) is -4.72. The molecule has 1 aromatic rings. The van der Waals surface area contributed by atoms with Crippen LogP contribution in [0.5, 0.6) is 0 Å². The minimum atomic E-state index is -4.72. The van der Waals surface area contributed by atoms with E-state index in [0.29, 0.717) is 0 Å². The van der Waals surface area contributed by atoms with Crippen molar-refractivity contribution in [1.82, 2.24) is 4.98 Å². The molecule has 0 bridgehead atoms. The molecule has 0 aliphatic heterocycles. The number of alkyl halides is 2. The summed E-state index contributed by atoms with van der Waals surface area (Å²) in [5.74, 6) is 0. The van der Waals surface area contributed by atoms with Gasteiger partial charge in [0.25, 0.3) is 9.84 Å². The van der Waals surface area contributed by atoms with Crippen LogP contribution in [-0.2, 0) is 9.84 Å². The van der Waals surface area contributed by atoms with Gasteiger partial charge in [-0.2, -0.15) is 8.78 Å². The van der Waals surface area contributed by atoms with Crippen molar-refractivity contribution in [3.8, 4) is 0 Å². The molecule has 1 rings (SSSR count). The first-order valence-electron chi connectivity index (χ1n) is 4.06. The summed E-state index contributed by atoms with van der Waals surface area (Å²) >= 11 is 0. The van der Waals surface area contributed by atoms with E-state index < -0.39 is 26.5 Å². The van der Waals surface area contributed by atoms with Gasteiger partial charge in [-0.3, -0.25) is 0 Å². The maximum Gasteiger partial charge on any atom is 0.354 e. The number of hydrogen-bond acceptors (Lipinski definition) is 3. The van der Waals surface area contributed by atoms with Gasteiger partial charge in [0.15, 0.2) is 5.03 Å². The van der Waals surface area contributed by atoms with Crippen LogP contribution in [-0.4, -0.2) is 18.7 Å². The van der Waals surface area contributed by atoms with Gasteiger partial charge in [0, 0.05) is 12.6 Å². The summed E-state index contributed by atoms with van der Waals surface area (Å²) in [6.07, 6.45) is 1.09. The zero-order valence-corrected chi connectivity index (χ0v) is 8.55. The molecule has 82 valence electrons. The molecule has 0 N–H and O–H groups in total. The number of rotatable bonds is 4. The molecule has 0 aliphatic carbocycles. The second kappa shape index (κ2) is 4.06. The molecule has 0 spiro atoms. The highest BCUT2D eigenvalue weighted by Crippen LogP contribution is 2.30. The minimum absolute atomic E-state index is 0.628. The Hall–Kier alpha value is -1.30. The molecule has 15 heavy (non-hydrogen) atoms. The van der Waals surface area contributed by atoms with Gasteiger partial charge in [-0.05, 0) is 12.1 Å². The molecule has 0 amide bonds. The van der Waals surface area contributed by atoms with Crippen molar-refractivity contribution in [2.75, 3.05) is 0 Å². The van der Waals surface area contributed by atoms with Crippen molar-refractivity contribution >= 4 is 9.84 Å². The molecular formula is C9H9F2NO2S. The predicted octanol–water partition coefficient (Wildman–Crippen LogP) is 2.02. The zero-order valence-electron chi connectivity index (χ0n) is 7.73. The van der Waals surface area contributed by atoms with Crippen LogP contribution in [0.1, 0.15) is 6.42 Å². The molecule has 6 heteroatoms. The number of halogens is 2. The third-order valence-electron chi connectivity index (χ3n) is 1.69. The average Bonchev–Trinajstić information content (AvgIpc) is 2.19. The highest BCUT2D eigenvalue weighted by Gasteiger charge is 2.45. The summed E-state index contributed by atoms with van der Waals surface area (Å²) in [4.78, 5) is 3.40. The Morgan fingerprint density at radius 1 is 1.47 bits per heavy atom. The third-order valence-corrected chi connectivity index (χ3v) is 3.43. The number of nitrogens with zero attached hydrogens (tertiary/aromatic N) is 1. The molecule has 0 aliphatic rings. The van der Waals surface area contributed by atoms with Crippen LogP contribution in [0, 0.1) is 0 Å². The first-order valence-corrected chi connectivity index (χ1v) is 5.54. The fourth-order valence-electron chi connectivity index (χ4n) is 0.937. The van der Waals surface area contributed by atoms with Crippen LogP contribution in [0.25, 0.3) is 0 Å². The topological polar surface area (TPSA) is 47.0 Å². The average molecular weight is 233 g/mol. The number of hydrogen-bond donors (Lipinski definition) is 0. The summed E-state index contributed by atoms with van der Waals surface area (Å²) < 4.78 is 49.1. The first kappa shape index (κ1) is 11.8. The number of sulfone groups is 1. The highest BCUT2D eigenvalue weighted by atomic mass is 32.2. The van der Waals surface area contributed by atoms with Gasteiger partial charge in [0.1, 0.15) is 0 Å². The normalized spacial score (nSPS) is 12.4. The lowest BCUT2D eigenvalue weighted by molar-refractivity contribution is 0.0953. The lowest BCUT2D eigenvalue weighted by Gasteiger charge is -2.13. The molecule has 0 aromatic carbocycles. The van der Waals surface area contributed by atoms with Gasteiger partial charge in [-0.25, -0.2) is 13.4 Å². The van der Waals surface area contributed by atoms with E-state index >= 15 is 0 Å². The van der Waals surface area contributed by atoms with Crippen LogP contribution in [0.3, 0.4) is 0 Å². The van der Waals surface area contributed by atoms with Gasteiger partial charge in [-0.1, -0.05) is 12.1 Å². The van der Waals surface area contributed by atoms with Crippen molar-refractivity contribution in [3.63, 3.8) is 0 Å². The van der Waals surface area contributed by atoms with E-state index in [1.807, 2.05) is 0 Å². The zero-order chi connectivity index (χ0) is 11.5. The number of pyridine rings is 1. The summed E-state index contributed by atoms with van der Waals surface area (Å²) in [5.41, 5.74) is 0. The molecule has 3 nitrogen and oxygen atoms in total. The maximum absolute atomic E-state index is 13.2. The van der Waals surface area contributed by atoms with Crippen molar-refractivity contribution in [1.29, 1.82) is 0 Å². The van der Waals surface area contributed by atoms with E-state index in [1.165, 1.54) is 12.1 Å². The monoisotopic (exact) mass is 233 g/mol. The molecule has 0 radical (unpaired) electrons. The van der Waals surface area contributed by atoms with E-state index in [1.54, 1.807) is 0 Å². The minimum Gasteiger partial charge on any atom is -0.245 e. The number of allylic oxidation sites excluding steroid dienone is 1. The van der Waals surface area contributed by atoms with Gasteiger partial charge in [0.05, 0.1) is 0 Å². The standard InChI is InChI=1S/C9H9F2NO2S/c1-2-6-9(10,11)15(13,14)8-5-3-4-7-12-8/h2-5,7H,1,6H2. The second-order valence-corrected chi connectivity index (χ2v) is 4.82. The predicted molar refractivity (Wildman–Crippen MR) is 51.2 cm³/mol. The Morgan fingerprint density at radius 3 is 2.60 bits per heavy atom. The van der Waals surface area contributed by atoms with Crippen LogP contribution in [0.2, 0.25) is 0 Å². The van der Waals surface area contributed by atoms with Crippen LogP contribution in [0.15, 0.2) is 42.1 Å². The Labute approximate surface area is 86.4 Å². The molecule has 0 atom stereocenters. The molecule has 1 heterocycles. The second-order valence-electron chi connectivity index (χ2n) is 2.80. The van der Waals surface area contributed by atoms with Gasteiger partial charge >= 0.3 is 5.25 Å². The highest BCUT2D eigenvalue weighted by molar-refractivity contribution is 7.92. The van der Waals surface area contributed by atoms with Gasteiger partial charge in [0.2, 0.25) is 0 Å². The fraction of sp³-hybridized carbons (Fsp3) is 0.222. The van der Waals surface area contributed by atoms with E-state index in [4.69, 9.17) is 0 Å². The van der Waals surface area contributed by atoms with Crippen molar-refractivity contribution < 1.29 is 17.2 Å². The summed E-state index contributed by atoms with van der Waals surface area (Å²) in [5, 5.41) is -4.49. The Bertz CT molecular complexity index is 442. The van der Waals surface area contributed by atoms with Gasteiger partial charge < -0.3 is 0 Å². The summed E-state index contributed by atoms with van der Waals surface area (Å²) in [6, 6.07) is 3.82. The fourth-order valence-corrected chi connectivity index (χ4v) is 2.04. The Kier molecular flexibility index (Phi) is 3.18. The van der Waals surface area contributed by atoms with E-state index in [2.05, 4.69) is 11.6 Å². The lowest BCUT2D eigenvalue weighted by Crippen LogP contribution is -2.28. The van der Waals surface area contributed by atoms with Gasteiger partial charge in [-0.15, -0.1) is 6.58 Å². The number of aromatic nitrogens is 1. The third kappa shape index (κ3) is 2.20. The van der Waals surface area contributed by atoms with E-state index in [-0.39, 0.29) is 0 Å². The first-order chi connectivity index (χ1) is 6.92. The Morgan fingerprint density at radius 2 is 2.13 bits per heavy atom. The van der Waals surface area contributed by atoms with Crippen LogP contribution >= 0.6 is 0 Å². The van der Waals surface area contributed by atoms with E-state index in [9.17, 15) is 17.2 Å². The quantitative estimate of drug-likeness (QED) is 0.747. The molecule has 0 fully saturated rings. The van der Waals surface area contributed by atoms with Crippen LogP contribution < -0.4 is 0 Å². The molecule has 1 aromatic heterocycles. The Balaban J connectivity index is 3.20. The summed E-state index contributed by atoms with van der Waals surface area (Å²) in [6.45, 7) is 3.09. The van der Waals surface area contributed by atoms with E-state index in [0.717, 1.165) is 18.3 Å². The SMILES string of the molecule is C=CCC(F)(F)S(=O)(=O)c1ccccn1. The molecular weight excluding hydrogens is 224 g/mol. The smallest absolute Gasteiger partial charge is 0.245 e. The maximum atomic E-state index is 13.2. The molecule has 0 saturated heterocycles. The van der Waals surface area contributed by atoms with Crippen molar-refractivity contribution in [3.05, 3.63) is 37.1 Å². The molecule has 0 unspecified atom stereocenters. The van der Waals surface area contributed by atoms with Crippen molar-refractivity contribution in [2.24, 2.45) is 0 Å². The lowest BCUT2D eigenvalue weighted by atomic mass is 10.4. The largest absolute Gasteiger partial charge is 0.354 e. The van der Waals surface area contributed by atoms with Crippen molar-refractivity contribution in [2.45, 2.75) is 16.7 Å².